The summed E-state index contributed by atoms with van der Waals surface area (Å²) in [6, 6.07) is 8.61. The smallest absolute Gasteiger partial charge is 0.132 e. The van der Waals surface area contributed by atoms with Crippen molar-refractivity contribution >= 4 is 5.82 Å². The Labute approximate surface area is 124 Å². The number of anilines is 1. The zero-order valence-electron chi connectivity index (χ0n) is 12.2. The first-order chi connectivity index (χ1) is 10.3. The molecule has 1 saturated carbocycles. The van der Waals surface area contributed by atoms with Crippen LogP contribution in [0.1, 0.15) is 35.6 Å². The van der Waals surface area contributed by atoms with Gasteiger partial charge in [0.15, 0.2) is 0 Å². The predicted octanol–water partition coefficient (Wildman–Crippen LogP) is 2.93. The fourth-order valence-corrected chi connectivity index (χ4v) is 2.87. The third kappa shape index (κ3) is 2.58. The van der Waals surface area contributed by atoms with Crippen LogP contribution in [0.2, 0.25) is 0 Å². The van der Waals surface area contributed by atoms with Gasteiger partial charge in [0.2, 0.25) is 0 Å². The van der Waals surface area contributed by atoms with E-state index in [4.69, 9.17) is 4.74 Å². The Morgan fingerprint density at radius 1 is 1.24 bits per heavy atom. The van der Waals surface area contributed by atoms with E-state index >= 15 is 0 Å². The normalized spacial score (nSPS) is 16.4. The molecule has 0 radical (unpaired) electrons. The van der Waals surface area contributed by atoms with E-state index in [0.717, 1.165) is 31.1 Å². The summed E-state index contributed by atoms with van der Waals surface area (Å²) in [6.07, 6.45) is 5.25. The highest BCUT2D eigenvalue weighted by Crippen LogP contribution is 2.39. The van der Waals surface area contributed by atoms with E-state index in [1.54, 1.807) is 6.33 Å². The van der Waals surface area contributed by atoms with Crippen LogP contribution < -0.4 is 9.64 Å². The van der Waals surface area contributed by atoms with Gasteiger partial charge in [0.1, 0.15) is 17.9 Å². The van der Waals surface area contributed by atoms with Gasteiger partial charge >= 0.3 is 0 Å². The third-order valence-corrected chi connectivity index (χ3v) is 4.23. The summed E-state index contributed by atoms with van der Waals surface area (Å²) in [6.45, 7) is 1.67. The number of hydrogen-bond donors (Lipinski definition) is 0. The second-order valence-corrected chi connectivity index (χ2v) is 5.97. The standard InChI is InChI=1S/C17H19N3O/c1-20(17-9-15(13-3-4-13)18-11-19-17)10-12-2-5-16-14(8-12)6-7-21-16/h2,5,8-9,11,13H,3-4,6-7,10H2,1H3. The van der Waals surface area contributed by atoms with E-state index in [9.17, 15) is 0 Å². The first-order valence-corrected chi connectivity index (χ1v) is 7.57. The molecule has 1 aliphatic carbocycles. The Hall–Kier alpha value is -2.10. The Kier molecular flexibility index (Phi) is 3.02. The molecule has 0 amide bonds. The second kappa shape index (κ2) is 5.02. The number of aromatic nitrogens is 2. The van der Waals surface area contributed by atoms with Crippen molar-refractivity contribution in [3.63, 3.8) is 0 Å². The maximum atomic E-state index is 5.56. The van der Waals surface area contributed by atoms with Gasteiger partial charge in [-0.15, -0.1) is 0 Å². The van der Waals surface area contributed by atoms with E-state index in [2.05, 4.69) is 46.2 Å². The average molecular weight is 281 g/mol. The molecule has 0 atom stereocenters. The van der Waals surface area contributed by atoms with Crippen molar-refractivity contribution in [1.82, 2.24) is 9.97 Å². The molecule has 21 heavy (non-hydrogen) atoms. The minimum absolute atomic E-state index is 0.664. The quantitative estimate of drug-likeness (QED) is 0.863. The van der Waals surface area contributed by atoms with Crippen molar-refractivity contribution < 1.29 is 4.74 Å². The van der Waals surface area contributed by atoms with Gasteiger partial charge in [-0.2, -0.15) is 0 Å². The zero-order valence-corrected chi connectivity index (χ0v) is 12.2. The minimum Gasteiger partial charge on any atom is -0.493 e. The third-order valence-electron chi connectivity index (χ3n) is 4.23. The molecular weight excluding hydrogens is 262 g/mol. The van der Waals surface area contributed by atoms with E-state index in [1.807, 2.05) is 0 Å². The maximum Gasteiger partial charge on any atom is 0.132 e. The zero-order chi connectivity index (χ0) is 14.2. The molecule has 0 spiro atoms. The van der Waals surface area contributed by atoms with E-state index in [1.165, 1.54) is 29.7 Å². The van der Waals surface area contributed by atoms with Crippen LogP contribution in [0.15, 0.2) is 30.6 Å². The second-order valence-electron chi connectivity index (χ2n) is 5.97. The van der Waals surface area contributed by atoms with Crippen LogP contribution >= 0.6 is 0 Å². The molecule has 108 valence electrons. The van der Waals surface area contributed by atoms with Crippen LogP contribution in [0.4, 0.5) is 5.82 Å². The van der Waals surface area contributed by atoms with E-state index in [0.29, 0.717) is 5.92 Å². The van der Waals surface area contributed by atoms with Crippen molar-refractivity contribution in [2.45, 2.75) is 31.7 Å². The lowest BCUT2D eigenvalue weighted by molar-refractivity contribution is 0.357. The number of hydrogen-bond acceptors (Lipinski definition) is 4. The molecule has 0 unspecified atom stereocenters. The highest BCUT2D eigenvalue weighted by molar-refractivity contribution is 5.44. The van der Waals surface area contributed by atoms with Crippen molar-refractivity contribution in [3.05, 3.63) is 47.4 Å². The number of nitrogens with zero attached hydrogens (tertiary/aromatic N) is 3. The molecule has 1 aliphatic heterocycles. The van der Waals surface area contributed by atoms with E-state index in [-0.39, 0.29) is 0 Å². The largest absolute Gasteiger partial charge is 0.493 e. The van der Waals surface area contributed by atoms with Gasteiger partial charge in [-0.1, -0.05) is 12.1 Å². The van der Waals surface area contributed by atoms with Crippen LogP contribution in [0.25, 0.3) is 0 Å². The number of fused-ring (bicyclic) bond motifs is 1. The summed E-state index contributed by atoms with van der Waals surface area (Å²) in [5.41, 5.74) is 3.81. The van der Waals surface area contributed by atoms with Crippen molar-refractivity contribution in [2.24, 2.45) is 0 Å². The maximum absolute atomic E-state index is 5.56. The highest BCUT2D eigenvalue weighted by atomic mass is 16.5. The first-order valence-electron chi connectivity index (χ1n) is 7.57. The molecule has 1 fully saturated rings. The Bertz CT molecular complexity index is 667. The molecule has 0 bridgehead atoms. The summed E-state index contributed by atoms with van der Waals surface area (Å²) in [5.74, 6) is 2.71. The number of ether oxygens (including phenoxy) is 1. The lowest BCUT2D eigenvalue weighted by atomic mass is 10.1. The molecule has 0 N–H and O–H groups in total. The molecule has 4 nitrogen and oxygen atoms in total. The first kappa shape index (κ1) is 12.6. The molecule has 0 saturated heterocycles. The van der Waals surface area contributed by atoms with Gasteiger partial charge in [0.05, 0.1) is 6.61 Å². The summed E-state index contributed by atoms with van der Waals surface area (Å²) in [5, 5.41) is 0. The summed E-state index contributed by atoms with van der Waals surface area (Å²) < 4.78 is 5.56. The fraction of sp³-hybridized carbons (Fsp3) is 0.412. The predicted molar refractivity (Wildman–Crippen MR) is 81.8 cm³/mol. The molecule has 4 rings (SSSR count). The van der Waals surface area contributed by atoms with Gasteiger partial charge in [-0.05, 0) is 30.0 Å². The number of benzene rings is 1. The molecule has 2 heterocycles. The van der Waals surface area contributed by atoms with Crippen LogP contribution in [0, 0.1) is 0 Å². The molecule has 1 aromatic carbocycles. The van der Waals surface area contributed by atoms with Crippen LogP contribution in [0.5, 0.6) is 5.75 Å². The van der Waals surface area contributed by atoms with Crippen molar-refractivity contribution in [3.8, 4) is 5.75 Å². The average Bonchev–Trinajstić information content (AvgIpc) is 3.26. The summed E-state index contributed by atoms with van der Waals surface area (Å²) >= 11 is 0. The Morgan fingerprint density at radius 3 is 3.00 bits per heavy atom. The summed E-state index contributed by atoms with van der Waals surface area (Å²) in [7, 11) is 2.09. The van der Waals surface area contributed by atoms with Gasteiger partial charge in [-0.25, -0.2) is 9.97 Å². The summed E-state index contributed by atoms with van der Waals surface area (Å²) in [4.78, 5) is 11.0. The van der Waals surface area contributed by atoms with Gasteiger partial charge in [0, 0.05) is 37.7 Å². The van der Waals surface area contributed by atoms with Gasteiger partial charge in [0.25, 0.3) is 0 Å². The SMILES string of the molecule is CN(Cc1ccc2c(c1)CCO2)c1cc(C2CC2)ncn1. The lowest BCUT2D eigenvalue weighted by Gasteiger charge is -2.19. The van der Waals surface area contributed by atoms with Gasteiger partial charge in [-0.3, -0.25) is 0 Å². The molecular formula is C17H19N3O. The fourth-order valence-electron chi connectivity index (χ4n) is 2.87. The monoisotopic (exact) mass is 281 g/mol. The topological polar surface area (TPSA) is 38.2 Å². The molecule has 2 aliphatic rings. The highest BCUT2D eigenvalue weighted by Gasteiger charge is 2.25. The van der Waals surface area contributed by atoms with Crippen LogP contribution in [-0.2, 0) is 13.0 Å². The van der Waals surface area contributed by atoms with Crippen LogP contribution in [0.3, 0.4) is 0 Å². The number of rotatable bonds is 4. The van der Waals surface area contributed by atoms with E-state index < -0.39 is 0 Å². The molecule has 4 heteroatoms. The van der Waals surface area contributed by atoms with Crippen molar-refractivity contribution in [2.75, 3.05) is 18.6 Å². The van der Waals surface area contributed by atoms with Gasteiger partial charge < -0.3 is 9.64 Å². The van der Waals surface area contributed by atoms with Crippen LogP contribution in [-0.4, -0.2) is 23.6 Å². The lowest BCUT2D eigenvalue weighted by Crippen LogP contribution is -2.18. The Morgan fingerprint density at radius 2 is 2.14 bits per heavy atom. The molecule has 2 aromatic rings. The van der Waals surface area contributed by atoms with Crippen molar-refractivity contribution in [1.29, 1.82) is 0 Å². The molecule has 1 aromatic heterocycles. The Balaban J connectivity index is 1.52. The minimum atomic E-state index is 0.664.